The normalized spacial score (nSPS) is 10.9. The predicted molar refractivity (Wildman–Crippen MR) is 115 cm³/mol. The third kappa shape index (κ3) is 4.74. The van der Waals surface area contributed by atoms with E-state index in [0.717, 1.165) is 24.8 Å². The lowest BCUT2D eigenvalue weighted by Gasteiger charge is -2.13. The van der Waals surface area contributed by atoms with Crippen LogP contribution in [0, 0.1) is 6.92 Å². The van der Waals surface area contributed by atoms with Gasteiger partial charge in [-0.2, -0.15) is 0 Å². The van der Waals surface area contributed by atoms with Crippen LogP contribution in [0.1, 0.15) is 47.7 Å². The van der Waals surface area contributed by atoms with Crippen LogP contribution in [-0.2, 0) is 6.54 Å². The fourth-order valence-corrected chi connectivity index (χ4v) is 3.19. The Labute approximate surface area is 174 Å². The van der Waals surface area contributed by atoms with Crippen LogP contribution in [0.4, 0.5) is 0 Å². The van der Waals surface area contributed by atoms with Crippen molar-refractivity contribution in [1.29, 1.82) is 0 Å². The van der Waals surface area contributed by atoms with Gasteiger partial charge < -0.3 is 25.3 Å². The first-order valence-electron chi connectivity index (χ1n) is 9.99. The Hall–Kier alpha value is -3.48. The molecule has 0 unspecified atom stereocenters. The number of amides is 1. The molecule has 7 heteroatoms. The van der Waals surface area contributed by atoms with E-state index in [1.807, 2.05) is 19.1 Å². The van der Waals surface area contributed by atoms with E-state index in [2.05, 4.69) is 17.2 Å². The van der Waals surface area contributed by atoms with Gasteiger partial charge in [0.05, 0.1) is 12.1 Å². The number of H-pyrrole nitrogens is 1. The second-order valence-corrected chi connectivity index (χ2v) is 7.25. The summed E-state index contributed by atoms with van der Waals surface area (Å²) in [7, 11) is 0. The second-order valence-electron chi connectivity index (χ2n) is 7.25. The Kier molecular flexibility index (Phi) is 6.61. The number of aromatic amines is 1. The maximum absolute atomic E-state index is 12.6. The smallest absolute Gasteiger partial charge is 0.261 e. The molecule has 0 aliphatic heterocycles. The van der Waals surface area contributed by atoms with E-state index in [-0.39, 0.29) is 23.6 Å². The Morgan fingerprint density at radius 1 is 1.10 bits per heavy atom. The van der Waals surface area contributed by atoms with Crippen molar-refractivity contribution >= 4 is 16.8 Å². The number of hydrogen-bond donors (Lipinski definition) is 4. The molecule has 7 nitrogen and oxygen atoms in total. The predicted octanol–water partition coefficient (Wildman–Crippen LogP) is 3.75. The number of aromatic hydroxyl groups is 2. The Morgan fingerprint density at radius 2 is 1.90 bits per heavy atom. The van der Waals surface area contributed by atoms with Crippen LogP contribution in [0.2, 0.25) is 0 Å². The summed E-state index contributed by atoms with van der Waals surface area (Å²) in [4.78, 5) is 27.9. The lowest BCUT2D eigenvalue weighted by atomic mass is 10.1. The molecule has 158 valence electrons. The van der Waals surface area contributed by atoms with Crippen molar-refractivity contribution in [2.75, 3.05) is 6.61 Å². The van der Waals surface area contributed by atoms with Crippen molar-refractivity contribution in [3.63, 3.8) is 0 Å². The van der Waals surface area contributed by atoms with Gasteiger partial charge in [0.2, 0.25) is 0 Å². The average molecular weight is 410 g/mol. The third-order valence-corrected chi connectivity index (χ3v) is 4.90. The fourth-order valence-electron chi connectivity index (χ4n) is 3.19. The van der Waals surface area contributed by atoms with Gasteiger partial charge in [-0.3, -0.25) is 9.59 Å². The third-order valence-electron chi connectivity index (χ3n) is 4.90. The van der Waals surface area contributed by atoms with Gasteiger partial charge in [0, 0.05) is 11.9 Å². The van der Waals surface area contributed by atoms with Crippen LogP contribution >= 0.6 is 0 Å². The number of carbonyl (C=O) groups is 1. The van der Waals surface area contributed by atoms with Crippen molar-refractivity contribution < 1.29 is 19.7 Å². The molecular formula is C23H26N2O5. The van der Waals surface area contributed by atoms with E-state index < -0.39 is 11.5 Å². The monoisotopic (exact) mass is 410 g/mol. The summed E-state index contributed by atoms with van der Waals surface area (Å²) in [5.74, 6) is -0.407. The summed E-state index contributed by atoms with van der Waals surface area (Å²) in [5.41, 5.74) is 1.58. The molecule has 0 radical (unpaired) electrons. The molecule has 0 saturated carbocycles. The second kappa shape index (κ2) is 9.35. The molecule has 0 aliphatic rings. The van der Waals surface area contributed by atoms with Crippen LogP contribution in [0.3, 0.4) is 0 Å². The highest BCUT2D eigenvalue weighted by molar-refractivity contribution is 5.98. The zero-order chi connectivity index (χ0) is 21.7. The van der Waals surface area contributed by atoms with Crippen LogP contribution in [-0.4, -0.2) is 27.7 Å². The fraction of sp³-hybridized carbons (Fsp3) is 0.304. The van der Waals surface area contributed by atoms with Crippen LogP contribution in [0.5, 0.6) is 17.2 Å². The number of unbranched alkanes of at least 4 members (excludes halogenated alkanes) is 2. The van der Waals surface area contributed by atoms with E-state index in [1.165, 1.54) is 12.1 Å². The molecule has 0 saturated heterocycles. The lowest BCUT2D eigenvalue weighted by molar-refractivity contribution is 0.0949. The molecule has 1 heterocycles. The largest absolute Gasteiger partial charge is 0.504 e. The Bertz CT molecular complexity index is 1120. The molecule has 0 spiro atoms. The van der Waals surface area contributed by atoms with E-state index in [1.54, 1.807) is 12.1 Å². The summed E-state index contributed by atoms with van der Waals surface area (Å²) in [5, 5.41) is 22.3. The number of aromatic nitrogens is 1. The van der Waals surface area contributed by atoms with Crippen molar-refractivity contribution in [1.82, 2.24) is 10.3 Å². The molecule has 3 rings (SSSR count). The number of phenolic OH excluding ortho intramolecular Hbond substituents is 2. The minimum atomic E-state index is -0.531. The molecule has 0 bridgehead atoms. The molecule has 0 atom stereocenters. The Morgan fingerprint density at radius 3 is 2.63 bits per heavy atom. The highest BCUT2D eigenvalue weighted by atomic mass is 16.5. The van der Waals surface area contributed by atoms with E-state index in [0.29, 0.717) is 28.8 Å². The molecular weight excluding hydrogens is 384 g/mol. The van der Waals surface area contributed by atoms with Gasteiger partial charge in [0.1, 0.15) is 11.3 Å². The molecule has 1 amide bonds. The highest BCUT2D eigenvalue weighted by Gasteiger charge is 2.15. The summed E-state index contributed by atoms with van der Waals surface area (Å²) in [6, 6.07) is 9.56. The summed E-state index contributed by atoms with van der Waals surface area (Å²) >= 11 is 0. The zero-order valence-electron chi connectivity index (χ0n) is 17.1. The van der Waals surface area contributed by atoms with Crippen molar-refractivity contribution in [3.8, 4) is 17.2 Å². The number of benzene rings is 2. The number of phenols is 2. The molecule has 0 fully saturated rings. The highest BCUT2D eigenvalue weighted by Crippen LogP contribution is 2.28. The van der Waals surface area contributed by atoms with Gasteiger partial charge in [-0.25, -0.2) is 0 Å². The molecule has 0 aliphatic carbocycles. The number of aryl methyl sites for hydroxylation is 1. The van der Waals surface area contributed by atoms with Gasteiger partial charge in [-0.1, -0.05) is 38.0 Å². The number of carbonyl (C=O) groups excluding carboxylic acids is 1. The average Bonchev–Trinajstić information content (AvgIpc) is 2.73. The van der Waals surface area contributed by atoms with Crippen molar-refractivity contribution in [3.05, 3.63) is 63.4 Å². The van der Waals surface area contributed by atoms with E-state index >= 15 is 0 Å². The maximum Gasteiger partial charge on any atom is 0.261 e. The van der Waals surface area contributed by atoms with Crippen molar-refractivity contribution in [2.45, 2.75) is 39.7 Å². The van der Waals surface area contributed by atoms with Crippen LogP contribution in [0.15, 0.2) is 41.2 Å². The number of nitrogens with one attached hydrogen (secondary N) is 2. The first-order chi connectivity index (χ1) is 14.4. The zero-order valence-corrected chi connectivity index (χ0v) is 17.1. The van der Waals surface area contributed by atoms with Gasteiger partial charge in [0.25, 0.3) is 11.5 Å². The van der Waals surface area contributed by atoms with Gasteiger partial charge in [-0.15, -0.1) is 0 Å². The summed E-state index contributed by atoms with van der Waals surface area (Å²) in [6.07, 6.45) is 3.10. The first-order valence-corrected chi connectivity index (χ1v) is 9.99. The number of rotatable bonds is 8. The van der Waals surface area contributed by atoms with E-state index in [4.69, 9.17) is 4.74 Å². The molecule has 4 N–H and O–H groups in total. The van der Waals surface area contributed by atoms with Crippen LogP contribution in [0.25, 0.3) is 10.9 Å². The van der Waals surface area contributed by atoms with Gasteiger partial charge >= 0.3 is 0 Å². The maximum atomic E-state index is 12.6. The molecule has 2 aromatic carbocycles. The lowest BCUT2D eigenvalue weighted by Crippen LogP contribution is -2.29. The van der Waals surface area contributed by atoms with E-state index in [9.17, 15) is 19.8 Å². The molecule has 30 heavy (non-hydrogen) atoms. The standard InChI is InChI=1S/C23H26N2O5/c1-3-4-5-10-30-21-14(2)6-8-16-12-17(23(29)25-20(16)21)22(28)24-13-15-7-9-18(26)19(27)11-15/h6-9,11-12,26-27H,3-5,10,13H2,1-2H3,(H,24,28)(H,25,29). The topological polar surface area (TPSA) is 112 Å². The minimum Gasteiger partial charge on any atom is -0.504 e. The van der Waals surface area contributed by atoms with Crippen LogP contribution < -0.4 is 15.6 Å². The van der Waals surface area contributed by atoms with Gasteiger partial charge in [0.15, 0.2) is 11.5 Å². The number of hydrogen-bond acceptors (Lipinski definition) is 5. The molecule has 3 aromatic rings. The number of pyridine rings is 1. The number of ether oxygens (including phenoxy) is 1. The van der Waals surface area contributed by atoms with Crippen molar-refractivity contribution in [2.24, 2.45) is 0 Å². The quantitative estimate of drug-likeness (QED) is 0.334. The summed E-state index contributed by atoms with van der Waals surface area (Å²) < 4.78 is 5.92. The summed E-state index contributed by atoms with van der Waals surface area (Å²) in [6.45, 7) is 4.71. The SMILES string of the molecule is CCCCCOc1c(C)ccc2cc(C(=O)NCc3ccc(O)c(O)c3)c(=O)[nH]c12. The minimum absolute atomic E-state index is 0.00807. The number of fused-ring (bicyclic) bond motifs is 1. The molecule has 1 aromatic heterocycles. The Balaban J connectivity index is 1.81. The first kappa shape index (κ1) is 21.2. The van der Waals surface area contributed by atoms with Gasteiger partial charge in [-0.05, 0) is 42.7 Å².